The van der Waals surface area contributed by atoms with Crippen LogP contribution in [0.3, 0.4) is 0 Å². The molecule has 1 N–H and O–H groups in total. The quantitative estimate of drug-likeness (QED) is 0.401. The molecule has 4 rings (SSSR count). The lowest BCUT2D eigenvalue weighted by atomic mass is 10.2. The smallest absolute Gasteiger partial charge is 0.291 e. The number of carbonyl (C=O) groups is 1. The zero-order chi connectivity index (χ0) is 17.4. The Balaban J connectivity index is 1.67. The van der Waals surface area contributed by atoms with Crippen molar-refractivity contribution in [1.29, 1.82) is 0 Å². The summed E-state index contributed by atoms with van der Waals surface area (Å²) in [6, 6.07) is 15.9. The zero-order valence-corrected chi connectivity index (χ0v) is 15.5. The van der Waals surface area contributed by atoms with E-state index in [9.17, 15) is 4.79 Å². The van der Waals surface area contributed by atoms with Crippen molar-refractivity contribution in [3.8, 4) is 11.5 Å². The Morgan fingerprint density at radius 2 is 1.92 bits per heavy atom. The van der Waals surface area contributed by atoms with Crippen LogP contribution < -0.4 is 5.32 Å². The van der Waals surface area contributed by atoms with Gasteiger partial charge < -0.3 is 14.2 Å². The molecule has 0 saturated heterocycles. The van der Waals surface area contributed by atoms with Crippen LogP contribution in [0, 0.1) is 3.77 Å². The first-order valence-electron chi connectivity index (χ1n) is 7.32. The lowest BCUT2D eigenvalue weighted by molar-refractivity contribution is 0.0995. The van der Waals surface area contributed by atoms with E-state index in [0.717, 1.165) is 5.52 Å². The Morgan fingerprint density at radius 1 is 1.08 bits per heavy atom. The molecular formula is C18H10ClIN2O3. The standard InChI is InChI=1S/C18H10ClIN2O3/c19-12-6-5-10(21-17(23)15-7-8-16(20)24-15)9-11(12)18-22-13-3-1-2-4-14(13)25-18/h1-9H,(H,21,23). The summed E-state index contributed by atoms with van der Waals surface area (Å²) in [5, 5.41) is 3.26. The number of furan rings is 1. The Morgan fingerprint density at radius 3 is 2.68 bits per heavy atom. The fourth-order valence-corrected chi connectivity index (χ4v) is 3.00. The fourth-order valence-electron chi connectivity index (χ4n) is 2.38. The topological polar surface area (TPSA) is 68.3 Å². The first-order valence-corrected chi connectivity index (χ1v) is 8.78. The van der Waals surface area contributed by atoms with E-state index >= 15 is 0 Å². The minimum absolute atomic E-state index is 0.239. The van der Waals surface area contributed by atoms with Crippen molar-refractivity contribution in [2.24, 2.45) is 0 Å². The number of hydrogen-bond donors (Lipinski definition) is 1. The minimum atomic E-state index is -0.339. The average Bonchev–Trinajstić information content (AvgIpc) is 3.22. The van der Waals surface area contributed by atoms with Crippen LogP contribution in [0.25, 0.3) is 22.6 Å². The van der Waals surface area contributed by atoms with E-state index in [-0.39, 0.29) is 11.7 Å². The van der Waals surface area contributed by atoms with Gasteiger partial charge in [0.15, 0.2) is 15.1 Å². The third-order valence-corrected chi connectivity index (χ3v) is 4.45. The second-order valence-electron chi connectivity index (χ2n) is 5.24. The van der Waals surface area contributed by atoms with Gasteiger partial charge in [-0.3, -0.25) is 4.79 Å². The van der Waals surface area contributed by atoms with E-state index in [1.807, 2.05) is 46.9 Å². The minimum Gasteiger partial charge on any atom is -0.445 e. The molecule has 0 unspecified atom stereocenters. The molecule has 0 atom stereocenters. The molecule has 0 spiro atoms. The number of aromatic nitrogens is 1. The van der Waals surface area contributed by atoms with Crippen LogP contribution >= 0.6 is 34.2 Å². The number of nitrogens with zero attached hydrogens (tertiary/aromatic N) is 1. The summed E-state index contributed by atoms with van der Waals surface area (Å²) in [5.74, 6) is 0.298. The van der Waals surface area contributed by atoms with Gasteiger partial charge in [-0.25, -0.2) is 4.98 Å². The number of benzene rings is 2. The zero-order valence-electron chi connectivity index (χ0n) is 12.6. The Bertz CT molecular complexity index is 1050. The van der Waals surface area contributed by atoms with Crippen LogP contribution in [0.2, 0.25) is 5.02 Å². The molecule has 2 aromatic heterocycles. The largest absolute Gasteiger partial charge is 0.445 e. The summed E-state index contributed by atoms with van der Waals surface area (Å²) >= 11 is 8.29. The van der Waals surface area contributed by atoms with Gasteiger partial charge in [-0.15, -0.1) is 0 Å². The fraction of sp³-hybridized carbons (Fsp3) is 0. The average molecular weight is 465 g/mol. The Labute approximate surface area is 161 Å². The molecule has 2 aromatic carbocycles. The van der Waals surface area contributed by atoms with Gasteiger partial charge in [0.1, 0.15) is 5.52 Å². The molecule has 0 radical (unpaired) electrons. The third-order valence-electron chi connectivity index (χ3n) is 3.55. The monoisotopic (exact) mass is 464 g/mol. The van der Waals surface area contributed by atoms with Crippen molar-refractivity contribution >= 4 is 56.9 Å². The van der Waals surface area contributed by atoms with E-state index in [1.165, 1.54) is 0 Å². The van der Waals surface area contributed by atoms with Crippen LogP contribution in [0.5, 0.6) is 0 Å². The molecule has 5 nitrogen and oxygen atoms in total. The highest BCUT2D eigenvalue weighted by molar-refractivity contribution is 14.1. The van der Waals surface area contributed by atoms with Crippen molar-refractivity contribution in [3.05, 3.63) is 69.1 Å². The lowest BCUT2D eigenvalue weighted by Gasteiger charge is -2.06. The van der Waals surface area contributed by atoms with E-state index in [4.69, 9.17) is 20.4 Å². The van der Waals surface area contributed by atoms with Gasteiger partial charge in [0, 0.05) is 5.69 Å². The number of amides is 1. The van der Waals surface area contributed by atoms with E-state index < -0.39 is 0 Å². The van der Waals surface area contributed by atoms with Gasteiger partial charge in [0.05, 0.1) is 10.6 Å². The molecule has 0 fully saturated rings. The number of fused-ring (bicyclic) bond motifs is 1. The van der Waals surface area contributed by atoms with E-state index in [1.54, 1.807) is 30.3 Å². The molecule has 0 aliphatic rings. The number of oxazole rings is 1. The summed E-state index contributed by atoms with van der Waals surface area (Å²) in [4.78, 5) is 16.7. The predicted octanol–water partition coefficient (Wildman–Crippen LogP) is 5.60. The highest BCUT2D eigenvalue weighted by Crippen LogP contribution is 2.32. The maximum Gasteiger partial charge on any atom is 0.291 e. The Hall–Kier alpha value is -2.32. The van der Waals surface area contributed by atoms with Gasteiger partial charge in [-0.05, 0) is 65.1 Å². The van der Waals surface area contributed by atoms with Crippen molar-refractivity contribution in [2.75, 3.05) is 5.32 Å². The van der Waals surface area contributed by atoms with Crippen LogP contribution in [-0.2, 0) is 0 Å². The van der Waals surface area contributed by atoms with E-state index in [0.29, 0.717) is 31.5 Å². The second-order valence-corrected chi connectivity index (χ2v) is 6.71. The number of carbonyl (C=O) groups excluding carboxylic acids is 1. The van der Waals surface area contributed by atoms with Crippen molar-refractivity contribution in [2.45, 2.75) is 0 Å². The van der Waals surface area contributed by atoms with Crippen molar-refractivity contribution in [3.63, 3.8) is 0 Å². The molecule has 0 bridgehead atoms. The summed E-state index contributed by atoms with van der Waals surface area (Å²) in [5.41, 5.74) is 2.59. The highest BCUT2D eigenvalue weighted by Gasteiger charge is 2.15. The van der Waals surface area contributed by atoms with Crippen LogP contribution in [-0.4, -0.2) is 10.9 Å². The van der Waals surface area contributed by atoms with Crippen LogP contribution in [0.4, 0.5) is 5.69 Å². The highest BCUT2D eigenvalue weighted by atomic mass is 127. The van der Waals surface area contributed by atoms with Gasteiger partial charge in [-0.2, -0.15) is 0 Å². The molecule has 2 heterocycles. The van der Waals surface area contributed by atoms with Gasteiger partial charge in [0.2, 0.25) is 5.89 Å². The molecule has 4 aromatic rings. The summed E-state index contributed by atoms with van der Waals surface area (Å²) in [6.07, 6.45) is 0. The van der Waals surface area contributed by atoms with Gasteiger partial charge in [-0.1, -0.05) is 23.7 Å². The summed E-state index contributed by atoms with van der Waals surface area (Å²) in [7, 11) is 0. The molecule has 7 heteroatoms. The number of para-hydroxylation sites is 2. The summed E-state index contributed by atoms with van der Waals surface area (Å²) < 4.78 is 11.7. The molecule has 25 heavy (non-hydrogen) atoms. The molecule has 0 aliphatic carbocycles. The third kappa shape index (κ3) is 3.27. The first-order chi connectivity index (χ1) is 12.1. The number of nitrogens with one attached hydrogen (secondary N) is 1. The Kier molecular flexibility index (Phi) is 4.22. The van der Waals surface area contributed by atoms with Gasteiger partial charge in [0.25, 0.3) is 5.91 Å². The summed E-state index contributed by atoms with van der Waals surface area (Å²) in [6.45, 7) is 0. The van der Waals surface area contributed by atoms with Crippen LogP contribution in [0.1, 0.15) is 10.6 Å². The molecule has 1 amide bonds. The number of anilines is 1. The number of hydrogen-bond acceptors (Lipinski definition) is 4. The molecule has 0 saturated carbocycles. The first kappa shape index (κ1) is 16.2. The second kappa shape index (κ2) is 6.53. The molecule has 124 valence electrons. The SMILES string of the molecule is O=C(Nc1ccc(Cl)c(-c2nc3ccccc3o2)c1)c1ccc(I)o1. The number of halogens is 2. The molecule has 0 aliphatic heterocycles. The number of rotatable bonds is 3. The predicted molar refractivity (Wildman–Crippen MR) is 104 cm³/mol. The van der Waals surface area contributed by atoms with Crippen LogP contribution in [0.15, 0.2) is 63.4 Å². The van der Waals surface area contributed by atoms with Gasteiger partial charge >= 0.3 is 0 Å². The normalized spacial score (nSPS) is 11.0. The molecular weight excluding hydrogens is 455 g/mol. The lowest BCUT2D eigenvalue weighted by Crippen LogP contribution is -2.10. The maximum absolute atomic E-state index is 12.2. The van der Waals surface area contributed by atoms with Crippen molar-refractivity contribution in [1.82, 2.24) is 4.98 Å². The van der Waals surface area contributed by atoms with E-state index in [2.05, 4.69) is 10.3 Å². The van der Waals surface area contributed by atoms with Crippen molar-refractivity contribution < 1.29 is 13.6 Å². The maximum atomic E-state index is 12.2.